The molecule has 3 N–H and O–H groups in total. The summed E-state index contributed by atoms with van der Waals surface area (Å²) in [6.45, 7) is 1.87. The minimum Gasteiger partial charge on any atom is -0.506 e. The molecular formula is C16H18N2O4. The molecular weight excluding hydrogens is 284 g/mol. The number of nitrogens with one attached hydrogen (secondary N) is 2. The van der Waals surface area contributed by atoms with Gasteiger partial charge in [-0.1, -0.05) is 12.1 Å². The molecule has 0 spiro atoms. The number of rotatable bonds is 4. The molecule has 2 amide bonds. The van der Waals surface area contributed by atoms with Gasteiger partial charge in [-0.25, -0.2) is 4.79 Å². The number of hydrogen-bond donors (Lipinski definition) is 3. The monoisotopic (exact) mass is 302 g/mol. The van der Waals surface area contributed by atoms with Crippen molar-refractivity contribution >= 4 is 17.4 Å². The maximum Gasteiger partial charge on any atom is 0.323 e. The summed E-state index contributed by atoms with van der Waals surface area (Å²) in [5.41, 5.74) is 1.69. The summed E-state index contributed by atoms with van der Waals surface area (Å²) in [5.74, 6) is 1.15. The number of ether oxygens (including phenoxy) is 2. The number of methoxy groups -OCH3 is 2. The normalized spacial score (nSPS) is 9.95. The maximum atomic E-state index is 12.0. The van der Waals surface area contributed by atoms with Gasteiger partial charge >= 0.3 is 6.03 Å². The van der Waals surface area contributed by atoms with Gasteiger partial charge in [-0.05, 0) is 30.7 Å². The SMILES string of the molecule is COc1cc(OC)c(NC(=O)Nc2ccccc2O)cc1C. The lowest BCUT2D eigenvalue weighted by molar-refractivity contribution is 0.262. The first-order valence-corrected chi connectivity index (χ1v) is 6.63. The number of phenols is 1. The fraction of sp³-hybridized carbons (Fsp3) is 0.188. The number of aryl methyl sites for hydroxylation is 1. The lowest BCUT2D eigenvalue weighted by Gasteiger charge is -2.14. The van der Waals surface area contributed by atoms with E-state index < -0.39 is 6.03 Å². The van der Waals surface area contributed by atoms with Crippen molar-refractivity contribution in [2.45, 2.75) is 6.92 Å². The van der Waals surface area contributed by atoms with Crippen molar-refractivity contribution in [3.8, 4) is 17.2 Å². The molecule has 2 aromatic carbocycles. The number of phenolic OH excluding ortho intramolecular Hbond substituents is 1. The molecule has 116 valence electrons. The molecule has 0 fully saturated rings. The van der Waals surface area contributed by atoms with Gasteiger partial charge in [0.2, 0.25) is 0 Å². The standard InChI is InChI=1S/C16H18N2O4/c1-10-8-12(15(22-3)9-14(10)21-2)18-16(20)17-11-6-4-5-7-13(11)19/h4-9,19H,1-3H3,(H2,17,18,20). The van der Waals surface area contributed by atoms with Gasteiger partial charge in [0.25, 0.3) is 0 Å². The van der Waals surface area contributed by atoms with Crippen molar-refractivity contribution in [2.24, 2.45) is 0 Å². The van der Waals surface area contributed by atoms with Crippen molar-refractivity contribution in [1.82, 2.24) is 0 Å². The fourth-order valence-corrected chi connectivity index (χ4v) is 2.01. The highest BCUT2D eigenvalue weighted by molar-refractivity contribution is 6.01. The molecule has 0 aromatic heterocycles. The summed E-state index contributed by atoms with van der Waals surface area (Å²) in [4.78, 5) is 12.0. The van der Waals surface area contributed by atoms with Gasteiger partial charge in [0.15, 0.2) is 0 Å². The smallest absolute Gasteiger partial charge is 0.323 e. The predicted octanol–water partition coefficient (Wildman–Crippen LogP) is 3.36. The number of carbonyl (C=O) groups is 1. The van der Waals surface area contributed by atoms with E-state index >= 15 is 0 Å². The van der Waals surface area contributed by atoms with Crippen LogP contribution in [-0.2, 0) is 0 Å². The number of carbonyl (C=O) groups excluding carboxylic acids is 1. The largest absolute Gasteiger partial charge is 0.506 e. The Morgan fingerprint density at radius 1 is 1.00 bits per heavy atom. The van der Waals surface area contributed by atoms with Gasteiger partial charge < -0.3 is 25.2 Å². The van der Waals surface area contributed by atoms with Crippen LogP contribution in [0.25, 0.3) is 0 Å². The van der Waals surface area contributed by atoms with E-state index in [4.69, 9.17) is 9.47 Å². The van der Waals surface area contributed by atoms with E-state index in [1.807, 2.05) is 6.92 Å². The van der Waals surface area contributed by atoms with Gasteiger partial charge in [0.05, 0.1) is 25.6 Å². The molecule has 2 rings (SSSR count). The summed E-state index contributed by atoms with van der Waals surface area (Å²) < 4.78 is 10.5. The van der Waals surface area contributed by atoms with Crippen LogP contribution in [0.2, 0.25) is 0 Å². The van der Waals surface area contributed by atoms with Crippen LogP contribution < -0.4 is 20.1 Å². The van der Waals surface area contributed by atoms with Crippen molar-refractivity contribution in [3.05, 3.63) is 42.0 Å². The summed E-state index contributed by atoms with van der Waals surface area (Å²) in [5, 5.41) is 14.9. The van der Waals surface area contributed by atoms with Crippen molar-refractivity contribution in [3.63, 3.8) is 0 Å². The van der Waals surface area contributed by atoms with Crippen LogP contribution in [0.3, 0.4) is 0 Å². The van der Waals surface area contributed by atoms with Gasteiger partial charge in [-0.15, -0.1) is 0 Å². The Labute approximate surface area is 128 Å². The lowest BCUT2D eigenvalue weighted by Crippen LogP contribution is -2.20. The zero-order chi connectivity index (χ0) is 16.1. The minimum absolute atomic E-state index is 0.00414. The molecule has 6 nitrogen and oxygen atoms in total. The number of amides is 2. The average Bonchev–Trinajstić information content (AvgIpc) is 2.50. The Balaban J connectivity index is 2.18. The lowest BCUT2D eigenvalue weighted by atomic mass is 10.2. The van der Waals surface area contributed by atoms with Crippen LogP contribution >= 0.6 is 0 Å². The zero-order valence-electron chi connectivity index (χ0n) is 12.6. The number of para-hydroxylation sites is 2. The minimum atomic E-state index is -0.482. The summed E-state index contributed by atoms with van der Waals surface area (Å²) in [6.07, 6.45) is 0. The Morgan fingerprint density at radius 2 is 1.64 bits per heavy atom. The zero-order valence-corrected chi connectivity index (χ0v) is 12.6. The van der Waals surface area contributed by atoms with Crippen LogP contribution in [0.4, 0.5) is 16.2 Å². The molecule has 2 aromatic rings. The summed E-state index contributed by atoms with van der Waals surface area (Å²) in [7, 11) is 3.08. The van der Waals surface area contributed by atoms with Crippen LogP contribution in [-0.4, -0.2) is 25.4 Å². The van der Waals surface area contributed by atoms with E-state index in [1.54, 1.807) is 37.4 Å². The third kappa shape index (κ3) is 3.41. The number of urea groups is 1. The highest BCUT2D eigenvalue weighted by Gasteiger charge is 2.12. The van der Waals surface area contributed by atoms with Crippen molar-refractivity contribution in [2.75, 3.05) is 24.9 Å². The summed E-state index contributed by atoms with van der Waals surface area (Å²) in [6, 6.07) is 9.46. The Kier molecular flexibility index (Phi) is 4.73. The van der Waals surface area contributed by atoms with Crippen LogP contribution in [0.15, 0.2) is 36.4 Å². The number of anilines is 2. The number of benzene rings is 2. The van der Waals surface area contributed by atoms with Crippen LogP contribution in [0, 0.1) is 6.92 Å². The topological polar surface area (TPSA) is 79.8 Å². The fourth-order valence-electron chi connectivity index (χ4n) is 2.01. The molecule has 0 saturated heterocycles. The van der Waals surface area contributed by atoms with Crippen LogP contribution in [0.5, 0.6) is 17.2 Å². The molecule has 0 unspecified atom stereocenters. The van der Waals surface area contributed by atoms with E-state index in [1.165, 1.54) is 13.2 Å². The highest BCUT2D eigenvalue weighted by atomic mass is 16.5. The Morgan fingerprint density at radius 3 is 2.27 bits per heavy atom. The second kappa shape index (κ2) is 6.71. The predicted molar refractivity (Wildman–Crippen MR) is 85.0 cm³/mol. The van der Waals surface area contributed by atoms with Gasteiger partial charge in [0.1, 0.15) is 17.2 Å². The van der Waals surface area contributed by atoms with Gasteiger partial charge in [-0.2, -0.15) is 0 Å². The number of hydrogen-bond acceptors (Lipinski definition) is 4. The third-order valence-corrected chi connectivity index (χ3v) is 3.12. The second-order valence-electron chi connectivity index (χ2n) is 4.62. The van der Waals surface area contributed by atoms with Crippen molar-refractivity contribution < 1.29 is 19.4 Å². The second-order valence-corrected chi connectivity index (χ2v) is 4.62. The van der Waals surface area contributed by atoms with Gasteiger partial charge in [-0.3, -0.25) is 0 Å². The molecule has 0 saturated carbocycles. The molecule has 0 aliphatic carbocycles. The van der Waals surface area contributed by atoms with E-state index in [-0.39, 0.29) is 5.75 Å². The molecule has 0 aliphatic heterocycles. The Hall–Kier alpha value is -2.89. The van der Waals surface area contributed by atoms with Crippen molar-refractivity contribution in [1.29, 1.82) is 0 Å². The molecule has 6 heteroatoms. The quantitative estimate of drug-likeness (QED) is 0.757. The summed E-state index contributed by atoms with van der Waals surface area (Å²) >= 11 is 0. The first-order valence-electron chi connectivity index (χ1n) is 6.63. The van der Waals surface area contributed by atoms with E-state index in [0.29, 0.717) is 22.9 Å². The van der Waals surface area contributed by atoms with E-state index in [9.17, 15) is 9.90 Å². The molecule has 0 heterocycles. The Bertz CT molecular complexity index is 686. The van der Waals surface area contributed by atoms with Gasteiger partial charge in [0, 0.05) is 6.07 Å². The molecule has 0 radical (unpaired) electrons. The average molecular weight is 302 g/mol. The molecule has 0 aliphatic rings. The first kappa shape index (κ1) is 15.5. The first-order chi connectivity index (χ1) is 10.5. The highest BCUT2D eigenvalue weighted by Crippen LogP contribution is 2.32. The molecule has 0 atom stereocenters. The van der Waals surface area contributed by atoms with E-state index in [0.717, 1.165) is 5.56 Å². The van der Waals surface area contributed by atoms with E-state index in [2.05, 4.69) is 10.6 Å². The molecule has 0 bridgehead atoms. The third-order valence-electron chi connectivity index (χ3n) is 3.12. The maximum absolute atomic E-state index is 12.0. The number of aromatic hydroxyl groups is 1. The molecule has 22 heavy (non-hydrogen) atoms. The van der Waals surface area contributed by atoms with Crippen LogP contribution in [0.1, 0.15) is 5.56 Å².